The van der Waals surface area contributed by atoms with Crippen molar-refractivity contribution in [3.05, 3.63) is 46.5 Å². The third kappa shape index (κ3) is 4.11. The number of nitrogens with one attached hydrogen (secondary N) is 1. The molecule has 7 nitrogen and oxygen atoms in total. The molecule has 1 atom stereocenters. The van der Waals surface area contributed by atoms with Crippen molar-refractivity contribution in [2.75, 3.05) is 13.2 Å². The largest absolute Gasteiger partial charge is 0.486 e. The van der Waals surface area contributed by atoms with Crippen LogP contribution in [-0.2, 0) is 11.2 Å². The summed E-state index contributed by atoms with van der Waals surface area (Å²) in [6, 6.07) is 7.49. The van der Waals surface area contributed by atoms with Gasteiger partial charge >= 0.3 is 0 Å². The molecule has 2 aromatic heterocycles. The van der Waals surface area contributed by atoms with Crippen LogP contribution in [0.5, 0.6) is 11.5 Å². The summed E-state index contributed by atoms with van der Waals surface area (Å²) in [6.07, 6.45) is 0.678. The van der Waals surface area contributed by atoms with Gasteiger partial charge in [0.25, 0.3) is 0 Å². The van der Waals surface area contributed by atoms with Crippen molar-refractivity contribution in [2.24, 2.45) is 0 Å². The number of thiophene rings is 1. The highest BCUT2D eigenvalue weighted by molar-refractivity contribution is 7.08. The number of benzene rings is 1. The van der Waals surface area contributed by atoms with E-state index in [0.29, 0.717) is 37.2 Å². The maximum atomic E-state index is 12.3. The van der Waals surface area contributed by atoms with Crippen molar-refractivity contribution in [3.63, 3.8) is 0 Å². The SMILES string of the molecule is CC(NC(=O)CCc1nnc(-c2ccsc2)o1)c1ccc2c(c1)OCCO2. The number of aryl methyl sites for hydroxylation is 1. The van der Waals surface area contributed by atoms with Crippen molar-refractivity contribution in [3.8, 4) is 23.0 Å². The van der Waals surface area contributed by atoms with E-state index in [9.17, 15) is 4.79 Å². The number of carbonyl (C=O) groups excluding carboxylic acids is 1. The van der Waals surface area contributed by atoms with Crippen LogP contribution in [0.15, 0.2) is 39.4 Å². The maximum absolute atomic E-state index is 12.3. The molecule has 8 heteroatoms. The normalized spacial score (nSPS) is 14.0. The van der Waals surface area contributed by atoms with Crippen LogP contribution in [0.4, 0.5) is 0 Å². The van der Waals surface area contributed by atoms with Crippen LogP contribution in [0, 0.1) is 0 Å². The van der Waals surface area contributed by atoms with Gasteiger partial charge in [-0.25, -0.2) is 0 Å². The number of hydrogen-bond donors (Lipinski definition) is 1. The van der Waals surface area contributed by atoms with Crippen LogP contribution in [0.1, 0.15) is 30.8 Å². The van der Waals surface area contributed by atoms with Crippen molar-refractivity contribution in [1.29, 1.82) is 0 Å². The molecule has 0 spiro atoms. The smallest absolute Gasteiger partial charge is 0.248 e. The molecule has 4 rings (SSSR count). The number of fused-ring (bicyclic) bond motifs is 1. The van der Waals surface area contributed by atoms with Gasteiger partial charge in [-0.1, -0.05) is 6.07 Å². The van der Waals surface area contributed by atoms with Crippen LogP contribution >= 0.6 is 11.3 Å². The number of aromatic nitrogens is 2. The second-order valence-corrected chi connectivity index (χ2v) is 6.99. The minimum atomic E-state index is -0.141. The Bertz CT molecular complexity index is 923. The van der Waals surface area contributed by atoms with Gasteiger partial charge in [-0.15, -0.1) is 10.2 Å². The molecule has 1 N–H and O–H groups in total. The average molecular weight is 385 g/mol. The van der Waals surface area contributed by atoms with Gasteiger partial charge in [0, 0.05) is 23.8 Å². The first kappa shape index (κ1) is 17.5. The minimum Gasteiger partial charge on any atom is -0.486 e. The summed E-state index contributed by atoms with van der Waals surface area (Å²) in [5, 5.41) is 14.9. The van der Waals surface area contributed by atoms with E-state index in [1.165, 1.54) is 0 Å². The molecule has 140 valence electrons. The number of hydrogen-bond acceptors (Lipinski definition) is 7. The van der Waals surface area contributed by atoms with Crippen LogP contribution < -0.4 is 14.8 Å². The van der Waals surface area contributed by atoms with Crippen molar-refractivity contribution in [1.82, 2.24) is 15.5 Å². The van der Waals surface area contributed by atoms with E-state index in [2.05, 4.69) is 15.5 Å². The molecule has 0 aliphatic carbocycles. The van der Waals surface area contributed by atoms with E-state index in [4.69, 9.17) is 13.9 Å². The second-order valence-electron chi connectivity index (χ2n) is 6.21. The van der Waals surface area contributed by atoms with Crippen LogP contribution in [0.25, 0.3) is 11.5 Å². The predicted octanol–water partition coefficient (Wildman–Crippen LogP) is 3.38. The second kappa shape index (κ2) is 7.79. The van der Waals surface area contributed by atoms with Gasteiger partial charge in [0.1, 0.15) is 13.2 Å². The minimum absolute atomic E-state index is 0.0762. The Morgan fingerprint density at radius 3 is 2.89 bits per heavy atom. The summed E-state index contributed by atoms with van der Waals surface area (Å²) < 4.78 is 16.7. The fourth-order valence-corrected chi connectivity index (χ4v) is 3.43. The van der Waals surface area contributed by atoms with E-state index >= 15 is 0 Å². The van der Waals surface area contributed by atoms with Gasteiger partial charge < -0.3 is 19.2 Å². The topological polar surface area (TPSA) is 86.5 Å². The first-order valence-corrected chi connectivity index (χ1v) is 9.67. The molecule has 1 unspecified atom stereocenters. The first-order chi connectivity index (χ1) is 13.2. The lowest BCUT2D eigenvalue weighted by Gasteiger charge is -2.21. The quantitative estimate of drug-likeness (QED) is 0.700. The molecule has 3 aromatic rings. The molecule has 1 aliphatic heterocycles. The lowest BCUT2D eigenvalue weighted by Crippen LogP contribution is -2.27. The van der Waals surface area contributed by atoms with Crippen molar-refractivity contribution >= 4 is 17.2 Å². The molecular weight excluding hydrogens is 366 g/mol. The molecule has 0 saturated heterocycles. The average Bonchev–Trinajstić information content (AvgIpc) is 3.37. The molecule has 0 saturated carbocycles. The summed E-state index contributed by atoms with van der Waals surface area (Å²) in [7, 11) is 0. The summed E-state index contributed by atoms with van der Waals surface area (Å²) in [4.78, 5) is 12.3. The predicted molar refractivity (Wildman–Crippen MR) is 99.9 cm³/mol. The van der Waals surface area contributed by atoms with Crippen molar-refractivity contribution < 1.29 is 18.7 Å². The molecule has 1 aliphatic rings. The van der Waals surface area contributed by atoms with E-state index < -0.39 is 0 Å². The van der Waals surface area contributed by atoms with E-state index in [1.807, 2.05) is 41.9 Å². The number of ether oxygens (including phenoxy) is 2. The lowest BCUT2D eigenvalue weighted by atomic mass is 10.1. The molecule has 0 fully saturated rings. The van der Waals surface area contributed by atoms with Crippen LogP contribution in [-0.4, -0.2) is 29.3 Å². The highest BCUT2D eigenvalue weighted by atomic mass is 32.1. The molecule has 1 amide bonds. The van der Waals surface area contributed by atoms with Gasteiger partial charge in [-0.3, -0.25) is 4.79 Å². The lowest BCUT2D eigenvalue weighted by molar-refractivity contribution is -0.121. The molecule has 1 aromatic carbocycles. The Hall–Kier alpha value is -2.87. The summed E-state index contributed by atoms with van der Waals surface area (Å²) in [6.45, 7) is 3.03. The Kier molecular flexibility index (Phi) is 5.06. The van der Waals surface area contributed by atoms with Crippen LogP contribution in [0.3, 0.4) is 0 Å². The van der Waals surface area contributed by atoms with Gasteiger partial charge in [-0.2, -0.15) is 11.3 Å². The molecule has 27 heavy (non-hydrogen) atoms. The molecule has 0 bridgehead atoms. The molecule has 3 heterocycles. The van der Waals surface area contributed by atoms with Gasteiger partial charge in [-0.05, 0) is 36.1 Å². The maximum Gasteiger partial charge on any atom is 0.248 e. The number of rotatable bonds is 6. The zero-order valence-corrected chi connectivity index (χ0v) is 15.6. The number of amides is 1. The third-order valence-electron chi connectivity index (χ3n) is 4.24. The van der Waals surface area contributed by atoms with Crippen molar-refractivity contribution in [2.45, 2.75) is 25.8 Å². The summed E-state index contributed by atoms with van der Waals surface area (Å²) >= 11 is 1.57. The Morgan fingerprint density at radius 2 is 2.07 bits per heavy atom. The van der Waals surface area contributed by atoms with Gasteiger partial charge in [0.2, 0.25) is 17.7 Å². The van der Waals surface area contributed by atoms with Gasteiger partial charge in [0.15, 0.2) is 11.5 Å². The highest BCUT2D eigenvalue weighted by Crippen LogP contribution is 2.32. The monoisotopic (exact) mass is 385 g/mol. The Balaban J connectivity index is 1.31. The Morgan fingerprint density at radius 1 is 1.22 bits per heavy atom. The summed E-state index contributed by atoms with van der Waals surface area (Å²) in [5.74, 6) is 2.32. The zero-order valence-electron chi connectivity index (χ0n) is 14.8. The number of nitrogens with zero attached hydrogens (tertiary/aromatic N) is 2. The molecule has 0 radical (unpaired) electrons. The summed E-state index contributed by atoms with van der Waals surface area (Å²) in [5.41, 5.74) is 1.86. The fourth-order valence-electron chi connectivity index (χ4n) is 2.80. The van der Waals surface area contributed by atoms with E-state index in [1.54, 1.807) is 11.3 Å². The van der Waals surface area contributed by atoms with E-state index in [0.717, 1.165) is 16.9 Å². The zero-order chi connectivity index (χ0) is 18.6. The van der Waals surface area contributed by atoms with Crippen LogP contribution in [0.2, 0.25) is 0 Å². The van der Waals surface area contributed by atoms with E-state index in [-0.39, 0.29) is 18.4 Å². The van der Waals surface area contributed by atoms with Gasteiger partial charge in [0.05, 0.1) is 6.04 Å². The first-order valence-electron chi connectivity index (χ1n) is 8.73. The fraction of sp³-hybridized carbons (Fsp3) is 0.316. The highest BCUT2D eigenvalue weighted by Gasteiger charge is 2.16. The number of carbonyl (C=O) groups is 1. The molecular formula is C19H19N3O4S. The third-order valence-corrected chi connectivity index (χ3v) is 4.93. The Labute approximate surface area is 160 Å². The standard InChI is InChI=1S/C19H19N3O4S/c1-12(13-2-3-15-16(10-13)25-8-7-24-15)20-17(23)4-5-18-21-22-19(26-18)14-6-9-27-11-14/h2-3,6,9-12H,4-5,7-8H2,1H3,(H,20,23).